The molecule has 5 nitrogen and oxygen atoms in total. The maximum Gasteiger partial charge on any atom is 0.339 e. The van der Waals surface area contributed by atoms with Gasteiger partial charge in [-0.1, -0.05) is 12.1 Å². The Morgan fingerprint density at radius 2 is 2.05 bits per heavy atom. The molecule has 0 bridgehead atoms. The van der Waals surface area contributed by atoms with E-state index in [9.17, 15) is 4.79 Å². The average Bonchev–Trinajstić information content (AvgIpc) is 2.43. The minimum atomic E-state index is -0.952. The van der Waals surface area contributed by atoms with Gasteiger partial charge in [-0.15, -0.1) is 0 Å². The van der Waals surface area contributed by atoms with Crippen molar-refractivity contribution >= 4 is 5.97 Å². The Kier molecular flexibility index (Phi) is 4.85. The van der Waals surface area contributed by atoms with Gasteiger partial charge in [0.25, 0.3) is 0 Å². The second-order valence-electron chi connectivity index (χ2n) is 6.16. The lowest BCUT2D eigenvalue weighted by molar-refractivity contribution is 0.0336. The SMILES string of the molecule is CN1CCN(CCOc2ccccc2C(=O)O)CC1(C)C. The van der Waals surface area contributed by atoms with Gasteiger partial charge in [-0.2, -0.15) is 0 Å². The number of carboxylic acid groups (broad SMARTS) is 1. The number of hydrogen-bond donors (Lipinski definition) is 1. The van der Waals surface area contributed by atoms with E-state index in [1.54, 1.807) is 24.3 Å². The summed E-state index contributed by atoms with van der Waals surface area (Å²) < 4.78 is 5.66. The second kappa shape index (κ2) is 6.45. The molecule has 0 aliphatic carbocycles. The molecular weight excluding hydrogens is 268 g/mol. The molecule has 1 aliphatic rings. The van der Waals surface area contributed by atoms with Crippen LogP contribution in [0.1, 0.15) is 24.2 Å². The van der Waals surface area contributed by atoms with Crippen LogP contribution >= 0.6 is 0 Å². The predicted molar refractivity (Wildman–Crippen MR) is 82.0 cm³/mol. The van der Waals surface area contributed by atoms with Gasteiger partial charge in [-0.05, 0) is 33.0 Å². The molecule has 1 heterocycles. The molecule has 0 unspecified atom stereocenters. The van der Waals surface area contributed by atoms with Crippen LogP contribution in [-0.2, 0) is 0 Å². The lowest BCUT2D eigenvalue weighted by Gasteiger charge is -2.45. The summed E-state index contributed by atoms with van der Waals surface area (Å²) in [7, 11) is 2.15. The zero-order valence-electron chi connectivity index (χ0n) is 13.0. The maximum absolute atomic E-state index is 11.1. The van der Waals surface area contributed by atoms with Gasteiger partial charge in [0.1, 0.15) is 17.9 Å². The number of aromatic carboxylic acids is 1. The summed E-state index contributed by atoms with van der Waals surface area (Å²) in [6.45, 7) is 8.84. The third kappa shape index (κ3) is 3.95. The van der Waals surface area contributed by atoms with Gasteiger partial charge in [-0.25, -0.2) is 4.79 Å². The highest BCUT2D eigenvalue weighted by molar-refractivity contribution is 5.90. The van der Waals surface area contributed by atoms with E-state index >= 15 is 0 Å². The lowest BCUT2D eigenvalue weighted by atomic mass is 10.00. The summed E-state index contributed by atoms with van der Waals surface area (Å²) >= 11 is 0. The fourth-order valence-corrected chi connectivity index (χ4v) is 2.59. The molecule has 2 rings (SSSR count). The number of rotatable bonds is 5. The molecule has 1 aromatic carbocycles. The molecule has 1 saturated heterocycles. The fourth-order valence-electron chi connectivity index (χ4n) is 2.59. The summed E-state index contributed by atoms with van der Waals surface area (Å²) in [4.78, 5) is 15.8. The molecule has 0 aromatic heterocycles. The Morgan fingerprint density at radius 1 is 1.33 bits per heavy atom. The van der Waals surface area contributed by atoms with Crippen molar-refractivity contribution in [3.8, 4) is 5.75 Å². The molecule has 0 saturated carbocycles. The number of carbonyl (C=O) groups is 1. The summed E-state index contributed by atoms with van der Waals surface area (Å²) in [5, 5.41) is 9.12. The number of likely N-dealkylation sites (N-methyl/N-ethyl adjacent to an activating group) is 1. The monoisotopic (exact) mass is 292 g/mol. The predicted octanol–water partition coefficient (Wildman–Crippen LogP) is 1.79. The molecule has 21 heavy (non-hydrogen) atoms. The van der Waals surface area contributed by atoms with Crippen LogP contribution in [0.2, 0.25) is 0 Å². The molecule has 5 heteroatoms. The normalized spacial score (nSPS) is 19.4. The largest absolute Gasteiger partial charge is 0.491 e. The molecule has 1 aromatic rings. The van der Waals surface area contributed by atoms with Gasteiger partial charge in [0.15, 0.2) is 0 Å². The Labute approximate surface area is 126 Å². The van der Waals surface area contributed by atoms with Crippen LogP contribution < -0.4 is 4.74 Å². The van der Waals surface area contributed by atoms with Gasteiger partial charge in [0, 0.05) is 31.7 Å². The van der Waals surface area contributed by atoms with Crippen molar-refractivity contribution in [1.82, 2.24) is 9.80 Å². The number of ether oxygens (including phenoxy) is 1. The van der Waals surface area contributed by atoms with Crippen LogP contribution in [0, 0.1) is 0 Å². The second-order valence-corrected chi connectivity index (χ2v) is 6.16. The zero-order valence-corrected chi connectivity index (χ0v) is 13.0. The molecule has 1 aliphatic heterocycles. The van der Waals surface area contributed by atoms with E-state index in [-0.39, 0.29) is 11.1 Å². The molecule has 0 spiro atoms. The molecular formula is C16H24N2O3. The Balaban J connectivity index is 1.87. The first-order valence-electron chi connectivity index (χ1n) is 7.29. The van der Waals surface area contributed by atoms with Gasteiger partial charge >= 0.3 is 5.97 Å². The standard InChI is InChI=1S/C16H24N2O3/c1-16(2)12-18(9-8-17(16)3)10-11-21-14-7-5-4-6-13(14)15(19)20/h4-7H,8-12H2,1-3H3,(H,19,20). The van der Waals surface area contributed by atoms with Crippen LogP contribution in [0.4, 0.5) is 0 Å². The highest BCUT2D eigenvalue weighted by Gasteiger charge is 2.30. The van der Waals surface area contributed by atoms with E-state index < -0.39 is 5.97 Å². The van der Waals surface area contributed by atoms with Crippen molar-refractivity contribution < 1.29 is 14.6 Å². The van der Waals surface area contributed by atoms with E-state index in [4.69, 9.17) is 9.84 Å². The van der Waals surface area contributed by atoms with E-state index in [2.05, 4.69) is 30.7 Å². The number of nitrogens with zero attached hydrogens (tertiary/aromatic N) is 2. The Morgan fingerprint density at radius 3 is 2.71 bits per heavy atom. The Bertz CT molecular complexity index is 502. The minimum Gasteiger partial charge on any atom is -0.491 e. The number of piperazine rings is 1. The molecule has 0 amide bonds. The number of benzene rings is 1. The average molecular weight is 292 g/mol. The fraction of sp³-hybridized carbons (Fsp3) is 0.562. The third-order valence-electron chi connectivity index (χ3n) is 4.18. The minimum absolute atomic E-state index is 0.164. The van der Waals surface area contributed by atoms with Crippen molar-refractivity contribution in [2.45, 2.75) is 19.4 Å². The van der Waals surface area contributed by atoms with Gasteiger partial charge in [-0.3, -0.25) is 9.80 Å². The first-order chi connectivity index (χ1) is 9.90. The van der Waals surface area contributed by atoms with Gasteiger partial charge in [0.2, 0.25) is 0 Å². The number of hydrogen-bond acceptors (Lipinski definition) is 4. The summed E-state index contributed by atoms with van der Waals surface area (Å²) in [5.74, 6) is -0.510. The van der Waals surface area contributed by atoms with Crippen molar-refractivity contribution in [1.29, 1.82) is 0 Å². The maximum atomic E-state index is 11.1. The summed E-state index contributed by atoms with van der Waals surface area (Å²) in [6.07, 6.45) is 0. The number of carboxylic acids is 1. The van der Waals surface area contributed by atoms with E-state index in [1.807, 2.05) is 0 Å². The molecule has 1 fully saturated rings. The van der Waals surface area contributed by atoms with E-state index in [1.165, 1.54) is 0 Å². The third-order valence-corrected chi connectivity index (χ3v) is 4.18. The van der Waals surface area contributed by atoms with Crippen molar-refractivity contribution in [2.24, 2.45) is 0 Å². The van der Waals surface area contributed by atoms with Crippen LogP contribution in [0.25, 0.3) is 0 Å². The molecule has 0 radical (unpaired) electrons. The van der Waals surface area contributed by atoms with Crippen molar-refractivity contribution in [3.63, 3.8) is 0 Å². The highest BCUT2D eigenvalue weighted by Crippen LogP contribution is 2.20. The van der Waals surface area contributed by atoms with E-state index in [0.29, 0.717) is 12.4 Å². The van der Waals surface area contributed by atoms with Gasteiger partial charge < -0.3 is 9.84 Å². The topological polar surface area (TPSA) is 53.0 Å². The molecule has 1 N–H and O–H groups in total. The number of para-hydroxylation sites is 1. The quantitative estimate of drug-likeness (QED) is 0.896. The first-order valence-corrected chi connectivity index (χ1v) is 7.29. The zero-order chi connectivity index (χ0) is 15.5. The summed E-state index contributed by atoms with van der Waals surface area (Å²) in [6, 6.07) is 6.77. The van der Waals surface area contributed by atoms with Crippen LogP contribution in [0.5, 0.6) is 5.75 Å². The molecule has 0 atom stereocenters. The van der Waals surface area contributed by atoms with Crippen LogP contribution in [0.3, 0.4) is 0 Å². The van der Waals surface area contributed by atoms with Crippen LogP contribution in [-0.4, -0.2) is 66.2 Å². The first kappa shape index (κ1) is 15.8. The highest BCUT2D eigenvalue weighted by atomic mass is 16.5. The smallest absolute Gasteiger partial charge is 0.339 e. The van der Waals surface area contributed by atoms with Crippen molar-refractivity contribution in [3.05, 3.63) is 29.8 Å². The summed E-state index contributed by atoms with van der Waals surface area (Å²) in [5.41, 5.74) is 0.383. The molecule has 116 valence electrons. The Hall–Kier alpha value is -1.59. The lowest BCUT2D eigenvalue weighted by Crippen LogP contribution is -2.58. The van der Waals surface area contributed by atoms with Crippen molar-refractivity contribution in [2.75, 3.05) is 39.8 Å². The van der Waals surface area contributed by atoms with Gasteiger partial charge in [0.05, 0.1) is 0 Å². The van der Waals surface area contributed by atoms with E-state index in [0.717, 1.165) is 26.2 Å². The van der Waals surface area contributed by atoms with Crippen LogP contribution in [0.15, 0.2) is 24.3 Å².